The van der Waals surface area contributed by atoms with Crippen molar-refractivity contribution in [2.24, 2.45) is 0 Å². The summed E-state index contributed by atoms with van der Waals surface area (Å²) in [6.07, 6.45) is 1.74. The van der Waals surface area contributed by atoms with Crippen molar-refractivity contribution in [3.63, 3.8) is 0 Å². The quantitative estimate of drug-likeness (QED) is 0.786. The number of carbonyl (C=O) groups is 2. The Morgan fingerprint density at radius 3 is 2.50 bits per heavy atom. The standard InChI is InChI=1S/C19H26N4O3/c1-5-6-9-23(12-18(24)21-17-11-15(4)26-22-17)19(25)20-16-8-7-13(2)14(3)10-16/h7-8,10-11H,5-6,9,12H2,1-4H3,(H,20,25)(H,21,22,24). The lowest BCUT2D eigenvalue weighted by molar-refractivity contribution is -0.116. The van der Waals surface area contributed by atoms with E-state index in [1.807, 2.05) is 39.0 Å². The Labute approximate surface area is 153 Å². The molecule has 2 aromatic rings. The van der Waals surface area contributed by atoms with Gasteiger partial charge in [0.05, 0.1) is 0 Å². The van der Waals surface area contributed by atoms with Gasteiger partial charge in [-0.3, -0.25) is 4.79 Å². The second-order valence-corrected chi connectivity index (χ2v) is 6.38. The Morgan fingerprint density at radius 1 is 1.12 bits per heavy atom. The van der Waals surface area contributed by atoms with Gasteiger partial charge < -0.3 is 20.1 Å². The summed E-state index contributed by atoms with van der Waals surface area (Å²) >= 11 is 0. The fraction of sp³-hybridized carbons (Fsp3) is 0.421. The van der Waals surface area contributed by atoms with Crippen LogP contribution in [-0.4, -0.2) is 35.1 Å². The molecule has 2 rings (SSSR count). The van der Waals surface area contributed by atoms with Crippen LogP contribution in [0.2, 0.25) is 0 Å². The molecular weight excluding hydrogens is 332 g/mol. The molecule has 3 amide bonds. The second kappa shape index (κ2) is 9.03. The number of nitrogens with zero attached hydrogens (tertiary/aromatic N) is 2. The molecule has 0 atom stereocenters. The number of hydrogen-bond acceptors (Lipinski definition) is 4. The minimum atomic E-state index is -0.315. The summed E-state index contributed by atoms with van der Waals surface area (Å²) < 4.78 is 4.92. The van der Waals surface area contributed by atoms with E-state index in [4.69, 9.17) is 4.52 Å². The maximum atomic E-state index is 12.6. The van der Waals surface area contributed by atoms with Crippen molar-refractivity contribution in [2.45, 2.75) is 40.5 Å². The van der Waals surface area contributed by atoms with E-state index in [-0.39, 0.29) is 18.5 Å². The second-order valence-electron chi connectivity index (χ2n) is 6.38. The zero-order valence-electron chi connectivity index (χ0n) is 15.8. The largest absolute Gasteiger partial charge is 0.360 e. The minimum absolute atomic E-state index is 0.0530. The monoisotopic (exact) mass is 358 g/mol. The van der Waals surface area contributed by atoms with Crippen LogP contribution in [0, 0.1) is 20.8 Å². The van der Waals surface area contributed by atoms with Crippen LogP contribution < -0.4 is 10.6 Å². The normalized spacial score (nSPS) is 10.5. The van der Waals surface area contributed by atoms with Crippen molar-refractivity contribution in [3.8, 4) is 0 Å². The Balaban J connectivity index is 2.01. The van der Waals surface area contributed by atoms with E-state index in [2.05, 4.69) is 15.8 Å². The van der Waals surface area contributed by atoms with Crippen LogP contribution >= 0.6 is 0 Å². The summed E-state index contributed by atoms with van der Waals surface area (Å²) in [5.74, 6) is 0.637. The third-order valence-electron chi connectivity index (χ3n) is 4.06. The van der Waals surface area contributed by atoms with E-state index in [0.717, 1.165) is 24.0 Å². The van der Waals surface area contributed by atoms with E-state index in [1.54, 1.807) is 13.0 Å². The van der Waals surface area contributed by atoms with Gasteiger partial charge in [0, 0.05) is 18.3 Å². The van der Waals surface area contributed by atoms with E-state index >= 15 is 0 Å². The number of carbonyl (C=O) groups excluding carboxylic acids is 2. The highest BCUT2D eigenvalue weighted by molar-refractivity contribution is 5.96. The van der Waals surface area contributed by atoms with Gasteiger partial charge in [-0.1, -0.05) is 24.6 Å². The van der Waals surface area contributed by atoms with Crippen LogP contribution in [0.1, 0.15) is 36.7 Å². The topological polar surface area (TPSA) is 87.5 Å². The minimum Gasteiger partial charge on any atom is -0.360 e. The first-order valence-electron chi connectivity index (χ1n) is 8.75. The van der Waals surface area contributed by atoms with Gasteiger partial charge in [0.1, 0.15) is 12.3 Å². The van der Waals surface area contributed by atoms with Gasteiger partial charge in [0.15, 0.2) is 5.82 Å². The highest BCUT2D eigenvalue weighted by Gasteiger charge is 2.18. The molecule has 1 aromatic heterocycles. The Kier molecular flexibility index (Phi) is 6.77. The van der Waals surface area contributed by atoms with Gasteiger partial charge in [-0.25, -0.2) is 4.79 Å². The van der Waals surface area contributed by atoms with Crippen molar-refractivity contribution in [3.05, 3.63) is 41.2 Å². The van der Waals surface area contributed by atoms with E-state index in [1.165, 1.54) is 4.90 Å². The maximum absolute atomic E-state index is 12.6. The molecule has 0 unspecified atom stereocenters. The molecule has 1 aromatic carbocycles. The molecule has 7 nitrogen and oxygen atoms in total. The molecule has 140 valence electrons. The number of hydrogen-bond donors (Lipinski definition) is 2. The zero-order chi connectivity index (χ0) is 19.1. The summed E-state index contributed by atoms with van der Waals surface area (Å²) in [4.78, 5) is 26.3. The summed E-state index contributed by atoms with van der Waals surface area (Å²) in [5, 5.41) is 9.23. The van der Waals surface area contributed by atoms with Crippen LogP contribution in [0.25, 0.3) is 0 Å². The fourth-order valence-corrected chi connectivity index (χ4v) is 2.40. The highest BCUT2D eigenvalue weighted by atomic mass is 16.5. The molecular formula is C19H26N4O3. The van der Waals surface area contributed by atoms with Gasteiger partial charge in [-0.15, -0.1) is 0 Å². The first-order valence-corrected chi connectivity index (χ1v) is 8.75. The number of rotatable bonds is 7. The maximum Gasteiger partial charge on any atom is 0.322 e. The predicted molar refractivity (Wildman–Crippen MR) is 101 cm³/mol. The molecule has 2 N–H and O–H groups in total. The van der Waals surface area contributed by atoms with Crippen LogP contribution in [0.3, 0.4) is 0 Å². The predicted octanol–water partition coefficient (Wildman–Crippen LogP) is 3.87. The molecule has 0 aliphatic rings. The molecule has 0 radical (unpaired) electrons. The van der Waals surface area contributed by atoms with Crippen LogP contribution in [0.5, 0.6) is 0 Å². The first kappa shape index (κ1) is 19.5. The number of aromatic nitrogens is 1. The van der Waals surface area contributed by atoms with Gasteiger partial charge in [0.25, 0.3) is 0 Å². The van der Waals surface area contributed by atoms with Crippen molar-refractivity contribution in [2.75, 3.05) is 23.7 Å². The first-order chi connectivity index (χ1) is 12.4. The molecule has 0 bridgehead atoms. The number of benzene rings is 1. The van der Waals surface area contributed by atoms with Crippen LogP contribution in [-0.2, 0) is 4.79 Å². The number of anilines is 2. The van der Waals surface area contributed by atoms with Crippen LogP contribution in [0.15, 0.2) is 28.8 Å². The van der Waals surface area contributed by atoms with E-state index < -0.39 is 0 Å². The average Bonchev–Trinajstić information content (AvgIpc) is 2.99. The molecule has 0 spiro atoms. The highest BCUT2D eigenvalue weighted by Crippen LogP contribution is 2.15. The lowest BCUT2D eigenvalue weighted by atomic mass is 10.1. The van der Waals surface area contributed by atoms with Crippen molar-refractivity contribution in [1.82, 2.24) is 10.1 Å². The third kappa shape index (κ3) is 5.61. The molecule has 0 aliphatic carbocycles. The van der Waals surface area contributed by atoms with Gasteiger partial charge in [-0.2, -0.15) is 0 Å². The number of unbranched alkanes of at least 4 members (excludes halogenated alkanes) is 1. The SMILES string of the molecule is CCCCN(CC(=O)Nc1cc(C)on1)C(=O)Nc1ccc(C)c(C)c1. The smallest absolute Gasteiger partial charge is 0.322 e. The van der Waals surface area contributed by atoms with Gasteiger partial charge in [-0.05, 0) is 50.5 Å². The summed E-state index contributed by atoms with van der Waals surface area (Å²) in [7, 11) is 0. The van der Waals surface area contributed by atoms with Crippen molar-refractivity contribution < 1.29 is 14.1 Å². The Hall–Kier alpha value is -2.83. The molecule has 0 saturated carbocycles. The number of aryl methyl sites for hydroxylation is 3. The molecule has 26 heavy (non-hydrogen) atoms. The number of urea groups is 1. The Bertz CT molecular complexity index is 770. The van der Waals surface area contributed by atoms with Gasteiger partial charge >= 0.3 is 6.03 Å². The number of amides is 3. The fourth-order valence-electron chi connectivity index (χ4n) is 2.40. The third-order valence-corrected chi connectivity index (χ3v) is 4.06. The Morgan fingerprint density at radius 2 is 1.88 bits per heavy atom. The molecule has 1 heterocycles. The zero-order valence-corrected chi connectivity index (χ0v) is 15.8. The van der Waals surface area contributed by atoms with Crippen LogP contribution in [0.4, 0.5) is 16.3 Å². The lowest BCUT2D eigenvalue weighted by Gasteiger charge is -2.22. The van der Waals surface area contributed by atoms with Crippen molar-refractivity contribution in [1.29, 1.82) is 0 Å². The average molecular weight is 358 g/mol. The molecule has 0 fully saturated rings. The van der Waals surface area contributed by atoms with E-state index in [9.17, 15) is 9.59 Å². The molecule has 0 aliphatic heterocycles. The van der Waals surface area contributed by atoms with Crippen molar-refractivity contribution >= 4 is 23.4 Å². The lowest BCUT2D eigenvalue weighted by Crippen LogP contribution is -2.41. The molecule has 0 saturated heterocycles. The van der Waals surface area contributed by atoms with E-state index in [0.29, 0.717) is 23.8 Å². The number of nitrogens with one attached hydrogen (secondary N) is 2. The summed E-state index contributed by atoms with van der Waals surface area (Å²) in [5.41, 5.74) is 2.97. The summed E-state index contributed by atoms with van der Waals surface area (Å²) in [6.45, 7) is 8.24. The molecule has 7 heteroatoms. The van der Waals surface area contributed by atoms with Gasteiger partial charge in [0.2, 0.25) is 5.91 Å². The summed E-state index contributed by atoms with van der Waals surface area (Å²) in [6, 6.07) is 7.07.